The summed E-state index contributed by atoms with van der Waals surface area (Å²) in [6.45, 7) is 0. The van der Waals surface area contributed by atoms with Crippen LogP contribution in [0.4, 0.5) is 0 Å². The Kier molecular flexibility index (Phi) is 3.84. The van der Waals surface area contributed by atoms with E-state index in [0.717, 1.165) is 5.56 Å². The van der Waals surface area contributed by atoms with Crippen molar-refractivity contribution in [2.45, 2.75) is 0 Å². The molecule has 5 heteroatoms. The second kappa shape index (κ2) is 5.21. The number of hydrazone groups is 1. The molecule has 4 nitrogen and oxygen atoms in total. The second-order valence-corrected chi connectivity index (χ2v) is 2.69. The van der Waals surface area contributed by atoms with Gasteiger partial charge in [-0.1, -0.05) is 0 Å². The van der Waals surface area contributed by atoms with Crippen LogP contribution in [-0.2, 0) is 0 Å². The van der Waals surface area contributed by atoms with Gasteiger partial charge < -0.3 is 5.32 Å². The lowest BCUT2D eigenvalue weighted by atomic mass is 10.3. The number of thiocarbonyl (C=S) groups is 1. The first-order valence-electron chi connectivity index (χ1n) is 3.80. The van der Waals surface area contributed by atoms with Crippen molar-refractivity contribution in [3.63, 3.8) is 0 Å². The van der Waals surface area contributed by atoms with Gasteiger partial charge in [0, 0.05) is 24.7 Å². The first kappa shape index (κ1) is 9.60. The van der Waals surface area contributed by atoms with Crippen LogP contribution < -0.4 is 15.7 Å². The lowest BCUT2D eigenvalue weighted by Gasteiger charge is -1.98. The van der Waals surface area contributed by atoms with Gasteiger partial charge in [0.05, 0.1) is 6.21 Å². The average molecular weight is 195 g/mol. The summed E-state index contributed by atoms with van der Waals surface area (Å²) in [7, 11) is 1.74. The van der Waals surface area contributed by atoms with Crippen LogP contribution in [0.3, 0.4) is 0 Å². The Labute approximate surface area is 82.1 Å². The van der Waals surface area contributed by atoms with E-state index >= 15 is 0 Å². The van der Waals surface area contributed by atoms with Crippen molar-refractivity contribution in [2.24, 2.45) is 5.10 Å². The lowest BCUT2D eigenvalue weighted by Crippen LogP contribution is -2.28. The molecule has 3 N–H and O–H groups in total. The van der Waals surface area contributed by atoms with E-state index in [1.54, 1.807) is 13.3 Å². The number of hydrogen-bond donors (Lipinski definition) is 2. The number of pyridine rings is 1. The zero-order valence-corrected chi connectivity index (χ0v) is 8.06. The van der Waals surface area contributed by atoms with Crippen molar-refractivity contribution in [2.75, 3.05) is 7.05 Å². The minimum absolute atomic E-state index is 0.499. The predicted molar refractivity (Wildman–Crippen MR) is 55.4 cm³/mol. The normalized spacial score (nSPS) is 9.92. The highest BCUT2D eigenvalue weighted by Gasteiger charge is 1.88. The molecule has 0 saturated carbocycles. The molecule has 0 bridgehead atoms. The van der Waals surface area contributed by atoms with E-state index in [2.05, 4.69) is 20.8 Å². The van der Waals surface area contributed by atoms with E-state index in [1.807, 2.05) is 24.5 Å². The van der Waals surface area contributed by atoms with Gasteiger partial charge in [-0.25, -0.2) is 4.98 Å². The minimum atomic E-state index is 0.499. The number of nitrogens with one attached hydrogen (secondary N) is 3. The summed E-state index contributed by atoms with van der Waals surface area (Å²) in [6, 6.07) is 3.82. The summed E-state index contributed by atoms with van der Waals surface area (Å²) in [5.41, 5.74) is 3.67. The zero-order valence-electron chi connectivity index (χ0n) is 7.24. The van der Waals surface area contributed by atoms with Crippen LogP contribution in [0.15, 0.2) is 29.6 Å². The molecule has 0 aliphatic heterocycles. The molecule has 0 unspecified atom stereocenters. The maximum Gasteiger partial charge on any atom is 0.186 e. The van der Waals surface area contributed by atoms with E-state index in [4.69, 9.17) is 12.2 Å². The van der Waals surface area contributed by atoms with Crippen LogP contribution in [0.1, 0.15) is 5.56 Å². The molecule has 0 atom stereocenters. The highest BCUT2D eigenvalue weighted by atomic mass is 32.1. The standard InChI is InChI=1S/C8H10N4S/c1-9-8(13)12-11-6-7-2-4-10-5-3-7/h2-6H,1H3,(H2,9,12,13)/p+1. The molecular formula is C8H11N4S+. The molecule has 68 valence electrons. The van der Waals surface area contributed by atoms with Gasteiger partial charge >= 0.3 is 0 Å². The average Bonchev–Trinajstić information content (AvgIpc) is 2.19. The van der Waals surface area contributed by atoms with Crippen molar-refractivity contribution >= 4 is 23.5 Å². The smallest absolute Gasteiger partial charge is 0.186 e. The number of H-pyrrole nitrogens is 1. The monoisotopic (exact) mass is 195 g/mol. The molecule has 1 heterocycles. The molecule has 13 heavy (non-hydrogen) atoms. The fraction of sp³-hybridized carbons (Fsp3) is 0.125. The third-order valence-corrected chi connectivity index (χ3v) is 1.65. The van der Waals surface area contributed by atoms with Gasteiger partial charge in [-0.2, -0.15) is 5.10 Å². The van der Waals surface area contributed by atoms with Crippen LogP contribution >= 0.6 is 12.2 Å². The molecule has 0 aromatic carbocycles. The van der Waals surface area contributed by atoms with Gasteiger partial charge in [-0.05, 0) is 12.2 Å². The lowest BCUT2D eigenvalue weighted by molar-refractivity contribution is -0.378. The van der Waals surface area contributed by atoms with Gasteiger partial charge in [0.1, 0.15) is 0 Å². The van der Waals surface area contributed by atoms with Crippen molar-refractivity contribution in [3.8, 4) is 0 Å². The van der Waals surface area contributed by atoms with Crippen LogP contribution in [-0.4, -0.2) is 18.4 Å². The van der Waals surface area contributed by atoms with Gasteiger partial charge in [-0.3, -0.25) is 5.43 Å². The van der Waals surface area contributed by atoms with Crippen LogP contribution in [0.5, 0.6) is 0 Å². The number of aromatic amines is 1. The quantitative estimate of drug-likeness (QED) is 0.394. The Morgan fingerprint density at radius 2 is 2.23 bits per heavy atom. The number of rotatable bonds is 2. The van der Waals surface area contributed by atoms with Crippen LogP contribution in [0.2, 0.25) is 0 Å². The van der Waals surface area contributed by atoms with Gasteiger partial charge in [0.2, 0.25) is 0 Å². The van der Waals surface area contributed by atoms with Crippen molar-refractivity contribution in [1.29, 1.82) is 0 Å². The molecular weight excluding hydrogens is 184 g/mol. The summed E-state index contributed by atoms with van der Waals surface area (Å²) < 4.78 is 0. The predicted octanol–water partition coefficient (Wildman–Crippen LogP) is -0.0715. The fourth-order valence-electron chi connectivity index (χ4n) is 0.707. The molecule has 0 saturated heterocycles. The van der Waals surface area contributed by atoms with Crippen LogP contribution in [0.25, 0.3) is 0 Å². The topological polar surface area (TPSA) is 50.6 Å². The van der Waals surface area contributed by atoms with E-state index in [9.17, 15) is 0 Å². The third-order valence-electron chi connectivity index (χ3n) is 1.35. The van der Waals surface area contributed by atoms with Gasteiger partial charge in [0.15, 0.2) is 17.5 Å². The van der Waals surface area contributed by atoms with Crippen molar-refractivity contribution in [1.82, 2.24) is 10.7 Å². The molecule has 0 aliphatic rings. The number of nitrogens with zero attached hydrogens (tertiary/aromatic N) is 1. The molecule has 1 aromatic rings. The highest BCUT2D eigenvalue weighted by molar-refractivity contribution is 7.80. The summed E-state index contributed by atoms with van der Waals surface area (Å²) in [4.78, 5) is 2.92. The third kappa shape index (κ3) is 3.62. The minimum Gasteiger partial charge on any atom is -0.364 e. The molecule has 0 radical (unpaired) electrons. The molecule has 0 spiro atoms. The SMILES string of the molecule is CNC(=S)NN=Cc1cc[nH+]cc1. The second-order valence-electron chi connectivity index (χ2n) is 2.28. The Balaban J connectivity index is 2.45. The molecule has 0 fully saturated rings. The Morgan fingerprint density at radius 3 is 2.85 bits per heavy atom. The fourth-order valence-corrected chi connectivity index (χ4v) is 0.760. The van der Waals surface area contributed by atoms with Crippen LogP contribution in [0, 0.1) is 0 Å². The zero-order chi connectivity index (χ0) is 9.52. The van der Waals surface area contributed by atoms with E-state index < -0.39 is 0 Å². The Bertz CT molecular complexity index is 296. The summed E-state index contributed by atoms with van der Waals surface area (Å²) in [5.74, 6) is 0. The summed E-state index contributed by atoms with van der Waals surface area (Å²) in [5, 5.41) is 7.17. The summed E-state index contributed by atoms with van der Waals surface area (Å²) in [6.07, 6.45) is 5.35. The Morgan fingerprint density at radius 1 is 1.54 bits per heavy atom. The maximum absolute atomic E-state index is 4.83. The van der Waals surface area contributed by atoms with Crippen molar-refractivity contribution in [3.05, 3.63) is 30.1 Å². The Hall–Kier alpha value is -1.49. The van der Waals surface area contributed by atoms with E-state index in [-0.39, 0.29) is 0 Å². The number of aromatic nitrogens is 1. The number of hydrogen-bond acceptors (Lipinski definition) is 2. The molecule has 0 amide bonds. The molecule has 1 rings (SSSR count). The van der Waals surface area contributed by atoms with E-state index in [0.29, 0.717) is 5.11 Å². The van der Waals surface area contributed by atoms with Gasteiger partial charge in [-0.15, -0.1) is 0 Å². The van der Waals surface area contributed by atoms with E-state index in [1.165, 1.54) is 0 Å². The first-order valence-corrected chi connectivity index (χ1v) is 4.20. The first-order chi connectivity index (χ1) is 6.33. The van der Waals surface area contributed by atoms with Gasteiger partial charge in [0.25, 0.3) is 0 Å². The molecule has 0 aliphatic carbocycles. The highest BCUT2D eigenvalue weighted by Crippen LogP contribution is 1.87. The molecule has 1 aromatic heterocycles. The summed E-state index contributed by atoms with van der Waals surface area (Å²) >= 11 is 4.83. The largest absolute Gasteiger partial charge is 0.364 e. The maximum atomic E-state index is 4.83. The van der Waals surface area contributed by atoms with Crippen molar-refractivity contribution < 1.29 is 4.98 Å².